The van der Waals surface area contributed by atoms with Crippen LogP contribution in [0.1, 0.15) is 161 Å². The monoisotopic (exact) mass is 1500 g/mol. The first kappa shape index (κ1) is 79.4. The fourth-order valence-electron chi connectivity index (χ4n) is 18.5. The molecule has 0 radical (unpaired) electrons. The van der Waals surface area contributed by atoms with Gasteiger partial charge >= 0.3 is 11.9 Å². The summed E-state index contributed by atoms with van der Waals surface area (Å²) in [6.45, 7) is 21.2. The molecule has 0 unspecified atom stereocenters. The number of nitrogens with zero attached hydrogens (tertiary/aromatic N) is 11. The summed E-state index contributed by atoms with van der Waals surface area (Å²) >= 11 is 0. The molecule has 0 bridgehead atoms. The van der Waals surface area contributed by atoms with Crippen molar-refractivity contribution < 1.29 is 52.3 Å². The second-order valence-electron chi connectivity index (χ2n) is 33.1. The number of piperazine rings is 2. The molecule has 14 rings (SSSR count). The number of ketones is 2. The third kappa shape index (κ3) is 19.6. The number of nitrogens with one attached hydrogen (secondary N) is 1. The van der Waals surface area contributed by atoms with Crippen molar-refractivity contribution in [3.05, 3.63) is 141 Å². The largest absolute Gasteiger partial charge is 0.442 e. The topological polar surface area (TPSA) is 224 Å². The van der Waals surface area contributed by atoms with Crippen LogP contribution in [0.25, 0.3) is 34.0 Å². The number of quaternary nitrogens is 1. The molecule has 6 aromatic rings. The lowest BCUT2D eigenvalue weighted by Gasteiger charge is -2.45. The van der Waals surface area contributed by atoms with E-state index in [-0.39, 0.29) is 78.5 Å². The number of rotatable bonds is 24. The van der Waals surface area contributed by atoms with Crippen molar-refractivity contribution in [2.45, 2.75) is 175 Å². The number of aryl methyl sites for hydroxylation is 2. The van der Waals surface area contributed by atoms with Crippen molar-refractivity contribution in [2.24, 2.45) is 23.7 Å². The Morgan fingerprint density at radius 3 is 1.53 bits per heavy atom. The number of esters is 2. The Hall–Kier alpha value is -8.70. The highest BCUT2D eigenvalue weighted by Crippen LogP contribution is 2.36. The fourth-order valence-corrected chi connectivity index (χ4v) is 18.5. The van der Waals surface area contributed by atoms with Gasteiger partial charge < -0.3 is 34.0 Å². The van der Waals surface area contributed by atoms with Gasteiger partial charge in [0.25, 0.3) is 0 Å². The minimum absolute atomic E-state index is 0.00608. The number of hydrogen-bond acceptors (Lipinski definition) is 15. The Balaban J connectivity index is 0.000000193. The van der Waals surface area contributed by atoms with Crippen molar-refractivity contribution in [3.63, 3.8) is 0 Å². The molecule has 588 valence electrons. The molecular weight excluding hydrogens is 1390 g/mol. The van der Waals surface area contributed by atoms with E-state index in [0.29, 0.717) is 110 Å². The Morgan fingerprint density at radius 2 is 1.02 bits per heavy atom. The molecule has 0 saturated carbocycles. The zero-order chi connectivity index (χ0) is 77.0. The normalized spacial score (nSPS) is 21.3. The smallest absolute Gasteiger partial charge is 0.310 e. The van der Waals surface area contributed by atoms with E-state index in [1.54, 1.807) is 10.9 Å². The van der Waals surface area contributed by atoms with Crippen LogP contribution in [0.3, 0.4) is 0 Å². The van der Waals surface area contributed by atoms with Gasteiger partial charge in [-0.1, -0.05) is 87.4 Å². The van der Waals surface area contributed by atoms with Crippen LogP contribution in [0, 0.1) is 37.5 Å². The number of ether oxygens (including phenoxy) is 2. The molecule has 1 N–H and O–H groups in total. The van der Waals surface area contributed by atoms with Gasteiger partial charge in [-0.2, -0.15) is 10.2 Å². The number of H-pyrrole nitrogens is 1. The molecule has 22 nitrogen and oxygen atoms in total. The van der Waals surface area contributed by atoms with Crippen LogP contribution in [0.15, 0.2) is 96.3 Å². The van der Waals surface area contributed by atoms with E-state index in [9.17, 15) is 38.4 Å². The number of piperidine rings is 4. The van der Waals surface area contributed by atoms with Gasteiger partial charge in [0, 0.05) is 153 Å². The number of amides is 4. The molecule has 110 heavy (non-hydrogen) atoms. The molecule has 22 heteroatoms. The second-order valence-corrected chi connectivity index (χ2v) is 33.1. The molecule has 4 aromatic carbocycles. The number of fused-ring (bicyclic) bond motifs is 4. The summed E-state index contributed by atoms with van der Waals surface area (Å²) in [5, 5.41) is 13.7. The van der Waals surface area contributed by atoms with Gasteiger partial charge in [0.05, 0.1) is 55.4 Å². The zero-order valence-electron chi connectivity index (χ0n) is 66.1. The van der Waals surface area contributed by atoms with Crippen molar-refractivity contribution in [2.75, 3.05) is 126 Å². The van der Waals surface area contributed by atoms with Gasteiger partial charge in [0.1, 0.15) is 0 Å². The number of aromatic amines is 1. The lowest BCUT2D eigenvalue weighted by molar-refractivity contribution is -0.930. The van der Waals surface area contributed by atoms with Crippen molar-refractivity contribution in [3.8, 4) is 0 Å². The minimum atomic E-state index is -0.495. The van der Waals surface area contributed by atoms with E-state index < -0.39 is 11.8 Å². The van der Waals surface area contributed by atoms with Gasteiger partial charge in [-0.15, -0.1) is 0 Å². The number of hydrogen-bond donors (Lipinski definition) is 1. The zero-order valence-corrected chi connectivity index (χ0v) is 66.1. The molecule has 8 aliphatic rings. The predicted octanol–water partition coefficient (Wildman–Crippen LogP) is 10.6. The van der Waals surface area contributed by atoms with Gasteiger partial charge in [-0.3, -0.25) is 57.7 Å². The summed E-state index contributed by atoms with van der Waals surface area (Å²) in [7, 11) is 4.37. The number of benzene rings is 4. The average Bonchev–Trinajstić information content (AvgIpc) is 1.28. The molecule has 2 atom stereocenters. The molecule has 6 saturated heterocycles. The van der Waals surface area contributed by atoms with Crippen LogP contribution in [-0.4, -0.2) is 244 Å². The third-order valence-corrected chi connectivity index (χ3v) is 25.3. The Bertz CT molecular complexity index is 4340. The van der Waals surface area contributed by atoms with Gasteiger partial charge in [0.15, 0.2) is 18.3 Å². The van der Waals surface area contributed by atoms with Crippen LogP contribution in [0.4, 0.5) is 0 Å². The van der Waals surface area contributed by atoms with Crippen LogP contribution in [0.2, 0.25) is 0 Å². The van der Waals surface area contributed by atoms with Crippen LogP contribution in [-0.2, 0) is 80.2 Å². The number of allylic oxidation sites excluding steroid dienone is 2. The third-order valence-electron chi connectivity index (χ3n) is 25.3. The maximum absolute atomic E-state index is 14.4. The van der Waals surface area contributed by atoms with Crippen molar-refractivity contribution >= 4 is 81.1 Å². The molecule has 2 aromatic heterocycles. The predicted molar refractivity (Wildman–Crippen MR) is 426 cm³/mol. The first-order valence-corrected chi connectivity index (χ1v) is 41.2. The van der Waals surface area contributed by atoms with Gasteiger partial charge in [-0.05, 0) is 190 Å². The summed E-state index contributed by atoms with van der Waals surface area (Å²) in [6, 6.07) is 25.6. The lowest BCUT2D eigenvalue weighted by atomic mass is 9.80. The number of carbonyl (C=O) groups excluding carboxylic acids is 8. The molecule has 6 aliphatic heterocycles. The number of Topliss-reactive ketones (excluding diaryl/α,β-unsaturated/α-hetero) is 2. The highest BCUT2D eigenvalue weighted by molar-refractivity contribution is 6.05. The Morgan fingerprint density at radius 1 is 0.545 bits per heavy atom. The molecule has 6 fully saturated rings. The van der Waals surface area contributed by atoms with Crippen molar-refractivity contribution in [1.82, 2.24) is 54.3 Å². The molecular formula is C88H117N12O10+. The summed E-state index contributed by atoms with van der Waals surface area (Å²) in [4.78, 5) is 123. The lowest BCUT2D eigenvalue weighted by Crippen LogP contribution is -2.59. The summed E-state index contributed by atoms with van der Waals surface area (Å²) < 4.78 is 13.6. The highest BCUT2D eigenvalue weighted by Gasteiger charge is 2.40. The Labute approximate surface area is 649 Å². The van der Waals surface area contributed by atoms with E-state index >= 15 is 0 Å². The van der Waals surface area contributed by atoms with Crippen LogP contribution < -0.4 is 0 Å². The molecule has 0 spiro atoms. The Kier molecular flexibility index (Phi) is 26.4. The first-order chi connectivity index (χ1) is 53.2. The quantitative estimate of drug-likeness (QED) is 0.0439. The maximum atomic E-state index is 14.4. The van der Waals surface area contributed by atoms with Crippen LogP contribution in [0.5, 0.6) is 0 Å². The number of aromatic nitrogens is 4. The maximum Gasteiger partial charge on any atom is 0.310 e. The molecule has 8 heterocycles. The fraction of sp³-hybridized carbons (Fsp3) is 0.568. The SMILES string of the molecule is CCCCC(=O)OC[N+]1(C)CCC(N2CCN(C(=O)[C@H](CC(=O)N3CCC(C4=Cc5ccccc5CC4=O)CC3)Cc3cc(C)c4[nH]ncc4c3)CC2)CC1.CCCCC(=O)OCn1ncc2cc(C[C@@H](CC(=O)N3CCC(C4=Cc5ccccc5CC4=O)CC3)C(=O)N3CCN(C4CCN(C)CC4)CC3)cc(C)c21. The first-order valence-electron chi connectivity index (χ1n) is 41.2. The number of carbonyl (C=O) groups is 8. The van der Waals surface area contributed by atoms with Gasteiger partial charge in [-0.25, -0.2) is 4.68 Å². The summed E-state index contributed by atoms with van der Waals surface area (Å²) in [5.41, 5.74) is 12.2. The molecule has 4 amide bonds. The summed E-state index contributed by atoms with van der Waals surface area (Å²) in [5.74, 6) is -0.480. The summed E-state index contributed by atoms with van der Waals surface area (Å²) in [6.07, 6.45) is 21.8. The van der Waals surface area contributed by atoms with Crippen LogP contribution >= 0.6 is 0 Å². The van der Waals surface area contributed by atoms with E-state index in [0.717, 1.165) is 211 Å². The average molecular weight is 1500 g/mol. The number of unbranched alkanes of at least 4 members (excludes halogenated alkanes) is 2. The van der Waals surface area contributed by atoms with E-state index in [4.69, 9.17) is 9.47 Å². The molecule has 2 aliphatic carbocycles. The number of likely N-dealkylation sites (tertiary alicyclic amines) is 4. The highest BCUT2D eigenvalue weighted by atomic mass is 16.5. The van der Waals surface area contributed by atoms with E-state index in [2.05, 4.69) is 99.6 Å². The van der Waals surface area contributed by atoms with E-state index in [1.807, 2.05) is 83.0 Å². The van der Waals surface area contributed by atoms with Gasteiger partial charge in [0.2, 0.25) is 30.4 Å². The van der Waals surface area contributed by atoms with Crippen molar-refractivity contribution in [1.29, 1.82) is 0 Å². The minimum Gasteiger partial charge on any atom is -0.442 e. The standard InChI is InChI=1S/C44H58N6O5.C44H59N6O5/c1-4-5-10-42(53)55-30-50-43-31(2)23-32(25-37(43)29-45-50)24-36(44(54)49-21-19-47(20-22-49)38-13-15-46(3)16-14-38)28-41(52)48-17-11-33(12-18-48)39-26-34-8-6-7-9-35(34)27-40(39)51;1-4-5-10-42(53)55-30-50(3)21-13-38(14-22-50)47-17-19-49(20-18-47)44(54)36(24-32-23-31(2)43-37(25-32)29-45-46-43)28-41(52)48-15-11-33(12-16-48)39-26-34-8-6-7-9-35(34)27-40(39)51/h6-9,23,25-26,29,33,36,38H,4-5,10-22,24,27-28,30H2,1-3H3;6-9,23,25-26,29,33,36,38H,4-5,10-22,24,27-28,30H2,1-3H3,(H,45,46)/q;+1/t36-;36-,38?,50?/m00/s1. The van der Waals surface area contributed by atoms with E-state index in [1.165, 1.54) is 0 Å². The second kappa shape index (κ2) is 36.6.